The molecule has 0 aliphatic rings. The second-order valence-corrected chi connectivity index (χ2v) is 5.35. The van der Waals surface area contributed by atoms with Crippen LogP contribution in [0.5, 0.6) is 0 Å². The fourth-order valence-corrected chi connectivity index (χ4v) is 2.67. The van der Waals surface area contributed by atoms with E-state index in [-0.39, 0.29) is 12.4 Å². The third kappa shape index (κ3) is 3.01. The van der Waals surface area contributed by atoms with E-state index in [0.717, 1.165) is 0 Å². The Kier molecular flexibility index (Phi) is 4.79. The molecule has 2 aromatic carbocycles. The number of carbonyl (C=O) groups is 1. The molecular formula is C14H8Cl4N2O. The Morgan fingerprint density at radius 1 is 1.10 bits per heavy atom. The number of nitrogens with zero attached hydrogens (tertiary/aromatic N) is 1. The molecule has 3 aromatic rings. The Morgan fingerprint density at radius 2 is 1.76 bits per heavy atom. The Bertz CT molecular complexity index is 809. The lowest BCUT2D eigenvalue weighted by atomic mass is 10.2. The first-order valence-corrected chi connectivity index (χ1v) is 6.83. The summed E-state index contributed by atoms with van der Waals surface area (Å²) in [5.41, 5.74) is 2.44. The van der Waals surface area contributed by atoms with E-state index in [0.29, 0.717) is 38.0 Å². The van der Waals surface area contributed by atoms with Crippen LogP contribution in [-0.2, 0) is 0 Å². The maximum atomic E-state index is 11.2. The fraction of sp³-hybridized carbons (Fsp3) is 0. The number of fused-ring (bicyclic) bond motifs is 1. The van der Waals surface area contributed by atoms with Gasteiger partial charge in [0.25, 0.3) is 5.24 Å². The largest absolute Gasteiger partial charge is 0.338 e. The van der Waals surface area contributed by atoms with Gasteiger partial charge in [-0.05, 0) is 41.9 Å². The van der Waals surface area contributed by atoms with Crippen LogP contribution in [-0.4, -0.2) is 15.2 Å². The Labute approximate surface area is 141 Å². The van der Waals surface area contributed by atoms with E-state index in [9.17, 15) is 4.79 Å². The zero-order valence-electron chi connectivity index (χ0n) is 10.4. The predicted molar refractivity (Wildman–Crippen MR) is 89.0 cm³/mol. The summed E-state index contributed by atoms with van der Waals surface area (Å²) in [6.07, 6.45) is 0. The van der Waals surface area contributed by atoms with Crippen molar-refractivity contribution in [2.75, 3.05) is 0 Å². The normalized spacial score (nSPS) is 10.4. The highest BCUT2D eigenvalue weighted by Crippen LogP contribution is 2.33. The summed E-state index contributed by atoms with van der Waals surface area (Å²) in [5.74, 6) is 0.551. The topological polar surface area (TPSA) is 45.8 Å². The minimum atomic E-state index is -0.515. The summed E-state index contributed by atoms with van der Waals surface area (Å²) in [6.45, 7) is 0. The molecule has 1 aromatic heterocycles. The minimum Gasteiger partial charge on any atom is -0.338 e. The number of carbonyl (C=O) groups excluding carboxylic acids is 1. The first-order valence-electron chi connectivity index (χ1n) is 5.70. The van der Waals surface area contributed by atoms with E-state index in [1.807, 2.05) is 0 Å². The van der Waals surface area contributed by atoms with Crippen LogP contribution >= 0.6 is 47.2 Å². The number of hydrogen-bond acceptors (Lipinski definition) is 2. The van der Waals surface area contributed by atoms with Crippen LogP contribution in [0, 0.1) is 0 Å². The van der Waals surface area contributed by atoms with Gasteiger partial charge in [-0.2, -0.15) is 0 Å². The number of aromatic nitrogens is 2. The second-order valence-electron chi connectivity index (χ2n) is 4.19. The van der Waals surface area contributed by atoms with Crippen molar-refractivity contribution in [3.63, 3.8) is 0 Å². The summed E-state index contributed by atoms with van der Waals surface area (Å²) in [4.78, 5) is 18.7. The smallest absolute Gasteiger partial charge is 0.252 e. The molecule has 1 heterocycles. The summed E-state index contributed by atoms with van der Waals surface area (Å²) in [6, 6.07) is 10.2. The van der Waals surface area contributed by atoms with Gasteiger partial charge in [0.1, 0.15) is 5.82 Å². The van der Waals surface area contributed by atoms with E-state index < -0.39 is 5.24 Å². The molecule has 21 heavy (non-hydrogen) atoms. The number of benzene rings is 2. The number of hydrogen-bond donors (Lipinski definition) is 1. The number of aromatic amines is 1. The van der Waals surface area contributed by atoms with Gasteiger partial charge in [0, 0.05) is 5.56 Å². The van der Waals surface area contributed by atoms with Gasteiger partial charge in [0.2, 0.25) is 0 Å². The van der Waals surface area contributed by atoms with Crippen LogP contribution < -0.4 is 0 Å². The molecule has 0 amide bonds. The molecule has 0 radical (unpaired) electrons. The Balaban J connectivity index is 0.00000161. The van der Waals surface area contributed by atoms with Crippen LogP contribution in [0.4, 0.5) is 0 Å². The summed E-state index contributed by atoms with van der Waals surface area (Å²) in [7, 11) is 0. The molecule has 7 heteroatoms. The predicted octanol–water partition coefficient (Wildman–Crippen LogP) is 5.34. The van der Waals surface area contributed by atoms with Crippen molar-refractivity contribution in [3.8, 4) is 11.4 Å². The van der Waals surface area contributed by atoms with Crippen molar-refractivity contribution in [1.82, 2.24) is 9.97 Å². The van der Waals surface area contributed by atoms with Gasteiger partial charge in [-0.25, -0.2) is 4.98 Å². The van der Waals surface area contributed by atoms with Crippen LogP contribution in [0.25, 0.3) is 22.4 Å². The third-order valence-electron chi connectivity index (χ3n) is 2.91. The molecule has 0 saturated heterocycles. The second kappa shape index (κ2) is 6.24. The van der Waals surface area contributed by atoms with Gasteiger partial charge in [0.05, 0.1) is 26.6 Å². The lowest BCUT2D eigenvalue weighted by molar-refractivity contribution is 0.108. The van der Waals surface area contributed by atoms with Crippen molar-refractivity contribution < 1.29 is 4.79 Å². The summed E-state index contributed by atoms with van der Waals surface area (Å²) >= 11 is 17.8. The van der Waals surface area contributed by atoms with E-state index in [4.69, 9.17) is 34.8 Å². The Morgan fingerprint density at radius 3 is 2.38 bits per heavy atom. The monoisotopic (exact) mass is 360 g/mol. The fourth-order valence-electron chi connectivity index (χ4n) is 1.97. The molecule has 3 nitrogen and oxygen atoms in total. The molecule has 0 spiro atoms. The molecule has 0 atom stereocenters. The first kappa shape index (κ1) is 16.1. The Hall–Kier alpha value is -1.26. The average Bonchev–Trinajstić information content (AvgIpc) is 2.80. The van der Waals surface area contributed by atoms with E-state index in [1.165, 1.54) is 0 Å². The molecule has 108 valence electrons. The number of nitrogens with one attached hydrogen (secondary N) is 1. The van der Waals surface area contributed by atoms with Crippen LogP contribution in [0.2, 0.25) is 10.0 Å². The molecule has 0 aliphatic carbocycles. The van der Waals surface area contributed by atoms with Crippen molar-refractivity contribution >= 4 is 63.5 Å². The SMILES string of the molecule is Cl.O=C(Cl)c1ccc2nc(-c3c(Cl)cccc3Cl)[nH]c2c1. The number of imidazole rings is 1. The maximum Gasteiger partial charge on any atom is 0.252 e. The van der Waals surface area contributed by atoms with E-state index in [1.54, 1.807) is 36.4 Å². The summed E-state index contributed by atoms with van der Waals surface area (Å²) in [5, 5.41) is 0.495. The number of H-pyrrole nitrogens is 1. The van der Waals surface area contributed by atoms with Crippen molar-refractivity contribution in [2.24, 2.45) is 0 Å². The van der Waals surface area contributed by atoms with Gasteiger partial charge < -0.3 is 4.98 Å². The van der Waals surface area contributed by atoms with Crippen LogP contribution in [0.3, 0.4) is 0 Å². The zero-order valence-corrected chi connectivity index (χ0v) is 13.4. The number of rotatable bonds is 2. The highest BCUT2D eigenvalue weighted by atomic mass is 35.5. The van der Waals surface area contributed by atoms with Gasteiger partial charge in [-0.1, -0.05) is 29.3 Å². The molecule has 1 N–H and O–H groups in total. The van der Waals surface area contributed by atoms with Gasteiger partial charge in [-0.3, -0.25) is 4.79 Å². The minimum absolute atomic E-state index is 0. The first-order chi connectivity index (χ1) is 9.56. The summed E-state index contributed by atoms with van der Waals surface area (Å²) < 4.78 is 0. The average molecular weight is 362 g/mol. The lowest BCUT2D eigenvalue weighted by Crippen LogP contribution is -1.87. The molecule has 3 rings (SSSR count). The molecule has 0 aliphatic heterocycles. The third-order valence-corrected chi connectivity index (χ3v) is 3.76. The molecule has 0 unspecified atom stereocenters. The number of halogens is 4. The van der Waals surface area contributed by atoms with Gasteiger partial charge >= 0.3 is 0 Å². The highest BCUT2D eigenvalue weighted by molar-refractivity contribution is 6.67. The zero-order chi connectivity index (χ0) is 14.3. The van der Waals surface area contributed by atoms with E-state index >= 15 is 0 Å². The van der Waals surface area contributed by atoms with Crippen LogP contribution in [0.15, 0.2) is 36.4 Å². The van der Waals surface area contributed by atoms with Crippen LogP contribution in [0.1, 0.15) is 10.4 Å². The van der Waals surface area contributed by atoms with Crippen molar-refractivity contribution in [1.29, 1.82) is 0 Å². The molecule has 0 bridgehead atoms. The highest BCUT2D eigenvalue weighted by Gasteiger charge is 2.13. The van der Waals surface area contributed by atoms with Crippen molar-refractivity contribution in [2.45, 2.75) is 0 Å². The van der Waals surface area contributed by atoms with Gasteiger partial charge in [0.15, 0.2) is 0 Å². The maximum absolute atomic E-state index is 11.2. The lowest BCUT2D eigenvalue weighted by Gasteiger charge is -2.02. The molecule has 0 saturated carbocycles. The quantitative estimate of drug-likeness (QED) is 0.626. The standard InChI is InChI=1S/C14H7Cl3N2O.ClH/c15-8-2-1-3-9(16)12(8)14-18-10-5-4-7(13(17)20)6-11(10)19-14;/h1-6H,(H,18,19);1H. The molecule has 0 fully saturated rings. The van der Waals surface area contributed by atoms with Gasteiger partial charge in [-0.15, -0.1) is 12.4 Å². The van der Waals surface area contributed by atoms with Crippen molar-refractivity contribution in [3.05, 3.63) is 52.0 Å². The molecular weight excluding hydrogens is 354 g/mol. The van der Waals surface area contributed by atoms with E-state index in [2.05, 4.69) is 9.97 Å².